The Labute approximate surface area is 131 Å². The molecule has 4 rings (SSSR count). The van der Waals surface area contributed by atoms with Gasteiger partial charge in [0.2, 0.25) is 0 Å². The molecule has 0 atom stereocenters. The number of halogens is 1. The van der Waals surface area contributed by atoms with Gasteiger partial charge in [-0.25, -0.2) is 19.3 Å². The third kappa shape index (κ3) is 2.53. The van der Waals surface area contributed by atoms with Gasteiger partial charge in [0.25, 0.3) is 0 Å². The molecule has 110 valence electrons. The maximum atomic E-state index is 13.2. The first-order chi connectivity index (χ1) is 11.3. The predicted molar refractivity (Wildman–Crippen MR) is 86.0 cm³/mol. The lowest BCUT2D eigenvalue weighted by Gasteiger charge is -2.09. The highest BCUT2D eigenvalue weighted by molar-refractivity contribution is 5.84. The molecule has 0 amide bonds. The average Bonchev–Trinajstić information content (AvgIpc) is 2.62. The van der Waals surface area contributed by atoms with Crippen LogP contribution in [0.15, 0.2) is 67.1 Å². The summed E-state index contributed by atoms with van der Waals surface area (Å²) in [6.45, 7) is 0. The minimum Gasteiger partial charge on any atom is -0.265 e. The van der Waals surface area contributed by atoms with E-state index in [0.29, 0.717) is 16.9 Å². The van der Waals surface area contributed by atoms with Crippen molar-refractivity contribution in [3.63, 3.8) is 0 Å². The van der Waals surface area contributed by atoms with Crippen LogP contribution in [0.3, 0.4) is 0 Å². The van der Waals surface area contributed by atoms with Crippen LogP contribution in [0.5, 0.6) is 0 Å². The van der Waals surface area contributed by atoms with E-state index in [2.05, 4.69) is 15.0 Å². The Hall–Kier alpha value is -3.21. The standard InChI is InChI=1S/C18H11FN4/c19-14-5-3-12(4-6-14)17-16(13-7-10-20-11-8-13)22-15-2-1-9-21-18(15)23-17/h1-11H. The molecule has 0 aliphatic rings. The molecule has 0 saturated carbocycles. The highest BCUT2D eigenvalue weighted by Crippen LogP contribution is 2.30. The van der Waals surface area contributed by atoms with E-state index in [1.165, 1.54) is 12.1 Å². The molecule has 3 heterocycles. The van der Waals surface area contributed by atoms with Crippen LogP contribution in [0.1, 0.15) is 0 Å². The van der Waals surface area contributed by atoms with Crippen LogP contribution in [0.2, 0.25) is 0 Å². The quantitative estimate of drug-likeness (QED) is 0.563. The van der Waals surface area contributed by atoms with Gasteiger partial charge in [-0.2, -0.15) is 0 Å². The summed E-state index contributed by atoms with van der Waals surface area (Å²) < 4.78 is 13.2. The maximum absolute atomic E-state index is 13.2. The van der Waals surface area contributed by atoms with Crippen molar-refractivity contribution in [2.45, 2.75) is 0 Å². The number of fused-ring (bicyclic) bond motifs is 1. The summed E-state index contributed by atoms with van der Waals surface area (Å²) in [4.78, 5) is 17.6. The molecular weight excluding hydrogens is 291 g/mol. The van der Waals surface area contributed by atoms with Gasteiger partial charge in [0.05, 0.1) is 11.4 Å². The van der Waals surface area contributed by atoms with Crippen LogP contribution in [0, 0.1) is 5.82 Å². The first-order valence-electron chi connectivity index (χ1n) is 7.10. The van der Waals surface area contributed by atoms with Crippen molar-refractivity contribution in [3.05, 3.63) is 72.9 Å². The number of rotatable bonds is 2. The highest BCUT2D eigenvalue weighted by atomic mass is 19.1. The Morgan fingerprint density at radius 3 is 2.17 bits per heavy atom. The van der Waals surface area contributed by atoms with Gasteiger partial charge in [0.1, 0.15) is 11.3 Å². The number of aromatic nitrogens is 4. The van der Waals surface area contributed by atoms with Crippen LogP contribution >= 0.6 is 0 Å². The summed E-state index contributed by atoms with van der Waals surface area (Å²) in [5.41, 5.74) is 4.35. The van der Waals surface area contributed by atoms with Crippen LogP contribution < -0.4 is 0 Å². The lowest BCUT2D eigenvalue weighted by atomic mass is 10.0. The van der Waals surface area contributed by atoms with Crippen molar-refractivity contribution in [2.24, 2.45) is 0 Å². The highest BCUT2D eigenvalue weighted by Gasteiger charge is 2.13. The second kappa shape index (κ2) is 5.53. The van der Waals surface area contributed by atoms with Crippen molar-refractivity contribution in [2.75, 3.05) is 0 Å². The Kier molecular flexibility index (Phi) is 3.24. The normalized spacial score (nSPS) is 10.8. The average molecular weight is 302 g/mol. The SMILES string of the molecule is Fc1ccc(-c2nc3ncccc3nc2-c2ccncc2)cc1. The first kappa shape index (κ1) is 13.5. The van der Waals surface area contributed by atoms with Crippen molar-refractivity contribution in [1.82, 2.24) is 19.9 Å². The Morgan fingerprint density at radius 1 is 0.696 bits per heavy atom. The van der Waals surface area contributed by atoms with Gasteiger partial charge in [-0.3, -0.25) is 4.98 Å². The summed E-state index contributed by atoms with van der Waals surface area (Å²) in [5.74, 6) is -0.286. The number of pyridine rings is 2. The number of nitrogens with zero attached hydrogens (tertiary/aromatic N) is 4. The monoisotopic (exact) mass is 302 g/mol. The van der Waals surface area contributed by atoms with Crippen LogP contribution in [0.4, 0.5) is 4.39 Å². The van der Waals surface area contributed by atoms with Gasteiger partial charge >= 0.3 is 0 Å². The van der Waals surface area contributed by atoms with E-state index >= 15 is 0 Å². The fourth-order valence-electron chi connectivity index (χ4n) is 2.41. The second-order valence-corrected chi connectivity index (χ2v) is 5.01. The van der Waals surface area contributed by atoms with Gasteiger partial charge in [-0.05, 0) is 48.5 Å². The zero-order chi connectivity index (χ0) is 15.6. The number of benzene rings is 1. The van der Waals surface area contributed by atoms with Crippen LogP contribution in [-0.2, 0) is 0 Å². The van der Waals surface area contributed by atoms with Gasteiger partial charge in [0.15, 0.2) is 5.65 Å². The first-order valence-corrected chi connectivity index (χ1v) is 7.10. The van der Waals surface area contributed by atoms with Crippen LogP contribution in [0.25, 0.3) is 33.7 Å². The molecule has 0 fully saturated rings. The number of hydrogen-bond acceptors (Lipinski definition) is 4. The topological polar surface area (TPSA) is 51.6 Å². The van der Waals surface area contributed by atoms with Gasteiger partial charge in [-0.1, -0.05) is 0 Å². The van der Waals surface area contributed by atoms with Gasteiger partial charge in [0, 0.05) is 29.7 Å². The van der Waals surface area contributed by atoms with Crippen molar-refractivity contribution in [1.29, 1.82) is 0 Å². The van der Waals surface area contributed by atoms with Gasteiger partial charge < -0.3 is 0 Å². The zero-order valence-electron chi connectivity index (χ0n) is 12.0. The zero-order valence-corrected chi connectivity index (χ0v) is 12.0. The smallest absolute Gasteiger partial charge is 0.178 e. The van der Waals surface area contributed by atoms with Crippen LogP contribution in [-0.4, -0.2) is 19.9 Å². The maximum Gasteiger partial charge on any atom is 0.178 e. The molecule has 5 heteroatoms. The van der Waals surface area contributed by atoms with Gasteiger partial charge in [-0.15, -0.1) is 0 Å². The Bertz CT molecular complexity index is 969. The molecule has 4 aromatic rings. The van der Waals surface area contributed by atoms with E-state index in [4.69, 9.17) is 4.98 Å². The van der Waals surface area contributed by atoms with E-state index in [0.717, 1.165) is 16.8 Å². The largest absolute Gasteiger partial charge is 0.265 e. The molecule has 0 spiro atoms. The van der Waals surface area contributed by atoms with E-state index in [9.17, 15) is 4.39 Å². The fourth-order valence-corrected chi connectivity index (χ4v) is 2.41. The van der Waals surface area contributed by atoms with E-state index in [1.54, 1.807) is 30.7 Å². The van der Waals surface area contributed by atoms with Crippen molar-refractivity contribution < 1.29 is 4.39 Å². The molecular formula is C18H11FN4. The lowest BCUT2D eigenvalue weighted by molar-refractivity contribution is 0.628. The summed E-state index contributed by atoms with van der Waals surface area (Å²) in [6, 6.07) is 13.7. The summed E-state index contributed by atoms with van der Waals surface area (Å²) in [6.07, 6.45) is 5.09. The second-order valence-electron chi connectivity index (χ2n) is 5.01. The third-order valence-corrected chi connectivity index (χ3v) is 3.51. The molecule has 23 heavy (non-hydrogen) atoms. The Balaban J connectivity index is 2.02. The molecule has 0 N–H and O–H groups in total. The molecule has 0 saturated heterocycles. The molecule has 3 aromatic heterocycles. The predicted octanol–water partition coefficient (Wildman–Crippen LogP) is 3.89. The summed E-state index contributed by atoms with van der Waals surface area (Å²) in [5, 5.41) is 0. The molecule has 1 aromatic carbocycles. The lowest BCUT2D eigenvalue weighted by Crippen LogP contribution is -1.97. The molecule has 0 unspecified atom stereocenters. The van der Waals surface area contributed by atoms with Crippen molar-refractivity contribution >= 4 is 11.2 Å². The number of hydrogen-bond donors (Lipinski definition) is 0. The Morgan fingerprint density at radius 2 is 1.39 bits per heavy atom. The summed E-state index contributed by atoms with van der Waals surface area (Å²) >= 11 is 0. The van der Waals surface area contributed by atoms with E-state index < -0.39 is 0 Å². The third-order valence-electron chi connectivity index (χ3n) is 3.51. The fraction of sp³-hybridized carbons (Fsp3) is 0. The molecule has 0 radical (unpaired) electrons. The molecule has 0 aliphatic heterocycles. The van der Waals surface area contributed by atoms with Crippen molar-refractivity contribution in [3.8, 4) is 22.5 Å². The minimum absolute atomic E-state index is 0.286. The molecule has 0 aliphatic carbocycles. The summed E-state index contributed by atoms with van der Waals surface area (Å²) in [7, 11) is 0. The van der Waals surface area contributed by atoms with E-state index in [1.807, 2.05) is 24.3 Å². The molecule has 4 nitrogen and oxygen atoms in total. The molecule has 0 bridgehead atoms. The minimum atomic E-state index is -0.286. The van der Waals surface area contributed by atoms with E-state index in [-0.39, 0.29) is 5.82 Å².